The number of thioether (sulfide) groups is 1. The quantitative estimate of drug-likeness (QED) is 0.415. The number of ether oxygens (including phenoxy) is 1. The fourth-order valence-corrected chi connectivity index (χ4v) is 6.40. The maximum absolute atomic E-state index is 12.4. The summed E-state index contributed by atoms with van der Waals surface area (Å²) in [6, 6.07) is 0.0250. The molecule has 8 nitrogen and oxygen atoms in total. The van der Waals surface area contributed by atoms with Crippen LogP contribution < -0.4 is 10.6 Å². The van der Waals surface area contributed by atoms with Crippen molar-refractivity contribution < 1.29 is 24.5 Å². The average Bonchev–Trinajstić information content (AvgIpc) is 3.34. The number of rotatable bonds is 7. The molecule has 0 radical (unpaired) electrons. The maximum Gasteiger partial charge on any atom is 0.353 e. The Morgan fingerprint density at radius 3 is 2.79 bits per heavy atom. The number of aliphatic hydroxyl groups is 1. The Labute approximate surface area is 181 Å². The van der Waals surface area contributed by atoms with Crippen molar-refractivity contribution in [1.29, 1.82) is 0 Å². The molecule has 0 aliphatic carbocycles. The van der Waals surface area contributed by atoms with Gasteiger partial charge in [-0.25, -0.2) is 4.79 Å². The molecule has 0 bridgehead atoms. The summed E-state index contributed by atoms with van der Waals surface area (Å²) in [5.74, 6) is -1.92. The number of carbonyl (C=O) groups excluding carboxylic acids is 1. The number of β-lactam (4-membered cyclic amide) rings is 1. The highest BCUT2D eigenvalue weighted by Gasteiger charge is 2.60. The minimum Gasteiger partial charge on any atom is -0.477 e. The van der Waals surface area contributed by atoms with Crippen molar-refractivity contribution in [3.63, 3.8) is 0 Å². The Balaban J connectivity index is 0.00000240. The third kappa shape index (κ3) is 4.18. The minimum absolute atomic E-state index is 0. The molecule has 0 aromatic rings. The molecule has 0 saturated carbocycles. The van der Waals surface area contributed by atoms with Crippen molar-refractivity contribution in [3.8, 4) is 0 Å². The minimum atomic E-state index is -1.06. The normalized spacial score (nSPS) is 37.3. The average molecular weight is 448 g/mol. The molecule has 4 N–H and O–H groups in total. The van der Waals surface area contributed by atoms with Crippen LogP contribution in [0.3, 0.4) is 0 Å². The monoisotopic (exact) mass is 447 g/mol. The van der Waals surface area contributed by atoms with Crippen molar-refractivity contribution in [3.05, 3.63) is 10.6 Å². The van der Waals surface area contributed by atoms with E-state index in [1.54, 1.807) is 18.7 Å². The van der Waals surface area contributed by atoms with Gasteiger partial charge in [-0.15, -0.1) is 24.2 Å². The summed E-state index contributed by atoms with van der Waals surface area (Å²) in [5, 5.41) is 26.7. The summed E-state index contributed by atoms with van der Waals surface area (Å²) in [5.41, 5.74) is 0.112. The van der Waals surface area contributed by atoms with E-state index in [1.807, 2.05) is 6.92 Å². The Morgan fingerprint density at radius 1 is 1.41 bits per heavy atom. The number of fused-ring (bicyclic) bond motifs is 1. The zero-order valence-electron chi connectivity index (χ0n) is 16.7. The van der Waals surface area contributed by atoms with Gasteiger partial charge in [0.1, 0.15) is 5.70 Å². The molecule has 4 heterocycles. The van der Waals surface area contributed by atoms with Crippen molar-refractivity contribution in [2.45, 2.75) is 56.2 Å². The van der Waals surface area contributed by atoms with Gasteiger partial charge in [-0.05, 0) is 26.3 Å². The van der Waals surface area contributed by atoms with Gasteiger partial charge in [0.25, 0.3) is 0 Å². The topological polar surface area (TPSA) is 111 Å². The molecule has 164 valence electrons. The number of aliphatic carboxylic acids is 1. The lowest BCUT2D eigenvalue weighted by molar-refractivity contribution is -0.163. The smallest absolute Gasteiger partial charge is 0.353 e. The molecule has 0 unspecified atom stereocenters. The molecule has 4 rings (SSSR count). The summed E-state index contributed by atoms with van der Waals surface area (Å²) in [6.07, 6.45) is 1.48. The summed E-state index contributed by atoms with van der Waals surface area (Å²) < 4.78 is 5.96. The number of carboxylic acid groups (broad SMARTS) is 1. The molecule has 3 saturated heterocycles. The van der Waals surface area contributed by atoms with Crippen LogP contribution in [0.4, 0.5) is 0 Å². The van der Waals surface area contributed by atoms with E-state index in [1.165, 1.54) is 4.90 Å². The third-order valence-electron chi connectivity index (χ3n) is 6.33. The van der Waals surface area contributed by atoms with Gasteiger partial charge in [-0.3, -0.25) is 4.79 Å². The van der Waals surface area contributed by atoms with Crippen LogP contribution in [0.2, 0.25) is 0 Å². The van der Waals surface area contributed by atoms with E-state index in [-0.39, 0.29) is 53.4 Å². The third-order valence-corrected chi connectivity index (χ3v) is 7.85. The molecular weight excluding hydrogens is 418 g/mol. The maximum atomic E-state index is 12.4. The molecule has 29 heavy (non-hydrogen) atoms. The van der Waals surface area contributed by atoms with Crippen LogP contribution in [0.1, 0.15) is 26.7 Å². The highest BCUT2D eigenvalue weighted by Crippen LogP contribution is 2.51. The van der Waals surface area contributed by atoms with E-state index in [0.29, 0.717) is 6.61 Å². The second kappa shape index (κ2) is 9.11. The van der Waals surface area contributed by atoms with E-state index < -0.39 is 18.0 Å². The largest absolute Gasteiger partial charge is 0.477 e. The fourth-order valence-electron chi connectivity index (χ4n) is 4.88. The van der Waals surface area contributed by atoms with Crippen LogP contribution in [0.5, 0.6) is 0 Å². The summed E-state index contributed by atoms with van der Waals surface area (Å²) >= 11 is 1.58. The predicted octanol–water partition coefficient (Wildman–Crippen LogP) is 0.404. The predicted molar refractivity (Wildman–Crippen MR) is 112 cm³/mol. The molecule has 4 aliphatic rings. The second-order valence-electron chi connectivity index (χ2n) is 8.30. The lowest BCUT2D eigenvalue weighted by Gasteiger charge is -2.46. The van der Waals surface area contributed by atoms with E-state index in [0.717, 1.165) is 37.4 Å². The number of aliphatic hydroxyl groups excluding tert-OH is 1. The fraction of sp³-hybridized carbons (Fsp3) is 0.789. The first kappa shape index (κ1) is 22.8. The molecule has 0 spiro atoms. The molecule has 3 fully saturated rings. The van der Waals surface area contributed by atoms with E-state index in [4.69, 9.17) is 4.74 Å². The molecule has 4 aliphatic heterocycles. The Bertz CT molecular complexity index is 685. The molecule has 10 heteroatoms. The number of hydrogen-bond acceptors (Lipinski definition) is 7. The Morgan fingerprint density at radius 2 is 2.17 bits per heavy atom. The van der Waals surface area contributed by atoms with Gasteiger partial charge in [0.15, 0.2) is 0 Å². The first-order chi connectivity index (χ1) is 13.4. The number of carboxylic acids is 1. The second-order valence-corrected chi connectivity index (χ2v) is 9.64. The van der Waals surface area contributed by atoms with Crippen LogP contribution in [-0.2, 0) is 14.3 Å². The standard InChI is InChI=1S/C19H29N3O5S.ClH/c1-9-15-14(10(2)23)18(24)22(15)16(19(25)26)17(9)28-13-5-11(21-7-13)8-27-12-3-4-20-6-12;/h9-15,20-21,23H,3-8H2,1-2H3,(H,25,26);1H/t9-,10-,11+,12-,13+,14-,15-;/m1./s1. The number of halogens is 1. The summed E-state index contributed by atoms with van der Waals surface area (Å²) in [6.45, 7) is 6.95. The molecule has 7 atom stereocenters. The van der Waals surface area contributed by atoms with Gasteiger partial charge in [0.2, 0.25) is 5.91 Å². The van der Waals surface area contributed by atoms with Crippen LogP contribution in [0, 0.1) is 11.8 Å². The van der Waals surface area contributed by atoms with Gasteiger partial charge in [-0.2, -0.15) is 0 Å². The lowest BCUT2D eigenvalue weighted by Crippen LogP contribution is -2.63. The molecular formula is C19H30ClN3O5S. The number of amides is 1. The van der Waals surface area contributed by atoms with Gasteiger partial charge < -0.3 is 30.5 Å². The molecule has 0 aromatic carbocycles. The van der Waals surface area contributed by atoms with E-state index >= 15 is 0 Å². The highest BCUT2D eigenvalue weighted by molar-refractivity contribution is 8.03. The van der Waals surface area contributed by atoms with Crippen LogP contribution >= 0.6 is 24.2 Å². The van der Waals surface area contributed by atoms with E-state index in [2.05, 4.69) is 10.6 Å². The lowest BCUT2D eigenvalue weighted by atomic mass is 9.79. The molecule has 1 amide bonds. The van der Waals surface area contributed by atoms with Crippen LogP contribution in [-0.4, -0.2) is 82.8 Å². The van der Waals surface area contributed by atoms with Crippen molar-refractivity contribution in [2.75, 3.05) is 26.2 Å². The van der Waals surface area contributed by atoms with Gasteiger partial charge in [0, 0.05) is 35.2 Å². The van der Waals surface area contributed by atoms with Crippen LogP contribution in [0.15, 0.2) is 10.6 Å². The van der Waals surface area contributed by atoms with Gasteiger partial charge in [-0.1, -0.05) is 6.92 Å². The Hall–Kier alpha value is -0.840. The van der Waals surface area contributed by atoms with Gasteiger partial charge >= 0.3 is 5.97 Å². The van der Waals surface area contributed by atoms with Crippen molar-refractivity contribution in [2.24, 2.45) is 11.8 Å². The van der Waals surface area contributed by atoms with Crippen LogP contribution in [0.25, 0.3) is 0 Å². The van der Waals surface area contributed by atoms with Crippen molar-refractivity contribution in [1.82, 2.24) is 15.5 Å². The Kier molecular flexibility index (Phi) is 7.18. The van der Waals surface area contributed by atoms with Gasteiger partial charge in [0.05, 0.1) is 30.8 Å². The van der Waals surface area contributed by atoms with Crippen molar-refractivity contribution >= 4 is 36.0 Å². The zero-order valence-corrected chi connectivity index (χ0v) is 18.3. The molecule has 0 aromatic heterocycles. The van der Waals surface area contributed by atoms with E-state index in [9.17, 15) is 19.8 Å². The number of carbonyl (C=O) groups is 2. The number of hydrogen-bond donors (Lipinski definition) is 4. The number of nitrogens with one attached hydrogen (secondary N) is 2. The summed E-state index contributed by atoms with van der Waals surface area (Å²) in [4.78, 5) is 26.5. The number of nitrogens with zero attached hydrogens (tertiary/aromatic N) is 1. The first-order valence-corrected chi connectivity index (χ1v) is 11.0. The summed E-state index contributed by atoms with van der Waals surface area (Å²) in [7, 11) is 0. The highest BCUT2D eigenvalue weighted by atomic mass is 35.5. The zero-order chi connectivity index (χ0) is 20.0. The first-order valence-electron chi connectivity index (χ1n) is 10.1. The SMILES string of the molecule is C[C@@H](O)[C@H]1C(=O)N2C(C(=O)O)=C(S[C@@H]3CN[C@H](CO[C@@H]4CCNC4)C3)[C@H](C)[C@H]12.Cl.